The molecule has 5 aromatic carbocycles. The number of aldehydes is 2. The Kier molecular flexibility index (Phi) is 24.9. The van der Waals surface area contributed by atoms with Crippen LogP contribution in [0.3, 0.4) is 0 Å². The van der Waals surface area contributed by atoms with Gasteiger partial charge in [-0.15, -0.1) is 6.42 Å². The minimum absolute atomic E-state index is 0. The molecule has 0 amide bonds. The van der Waals surface area contributed by atoms with E-state index in [0.717, 1.165) is 40.3 Å². The molecule has 26 nitrogen and oxygen atoms in total. The maximum atomic E-state index is 12.7. The summed E-state index contributed by atoms with van der Waals surface area (Å²) < 4.78 is 12.7. The highest BCUT2D eigenvalue weighted by Gasteiger charge is 2.16. The molecule has 0 spiro atoms. The normalized spacial score (nSPS) is 9.27. The Balaban J connectivity index is 0.000000440. The molecule has 0 aliphatic carbocycles. The van der Waals surface area contributed by atoms with E-state index in [1.165, 1.54) is 43.4 Å². The van der Waals surface area contributed by atoms with E-state index in [9.17, 15) is 54.4 Å². The van der Waals surface area contributed by atoms with Crippen molar-refractivity contribution in [3.05, 3.63) is 166 Å². The van der Waals surface area contributed by atoms with Crippen molar-refractivity contribution in [3.8, 4) is 34.9 Å². The summed E-state index contributed by atoms with van der Waals surface area (Å²) in [6.07, 6.45) is 9.45. The number of carbonyl (C=O) groups excluding carboxylic acids is 2. The first-order chi connectivity index (χ1) is 33.5. The highest BCUT2D eigenvalue weighted by molar-refractivity contribution is 5.80. The number of rotatable bonds is 12. The zero-order chi connectivity index (χ0) is 52.3. The quantitative estimate of drug-likeness (QED) is 0.0195. The van der Waals surface area contributed by atoms with Gasteiger partial charge in [0.05, 0.1) is 43.5 Å². The smallest absolute Gasteiger partial charge is 0.304 e. The maximum Gasteiger partial charge on any atom is 0.304 e. The molecule has 0 aliphatic heterocycles. The van der Waals surface area contributed by atoms with Crippen LogP contribution in [0.25, 0.3) is 22.5 Å². The van der Waals surface area contributed by atoms with Crippen LogP contribution in [0.1, 0.15) is 33.7 Å². The molecule has 0 saturated heterocycles. The minimum atomic E-state index is -0.996. The molecule has 372 valence electrons. The number of nitrogens with one attached hydrogen (secondary N) is 6. The van der Waals surface area contributed by atoms with Gasteiger partial charge in [0.2, 0.25) is 5.82 Å². The van der Waals surface area contributed by atoms with Crippen LogP contribution in [-0.4, -0.2) is 98.3 Å². The number of hydrogen-bond donors (Lipinski definition) is 8. The summed E-state index contributed by atoms with van der Waals surface area (Å²) in [6, 6.07) is 22.0. The lowest BCUT2D eigenvalue weighted by Crippen LogP contribution is -1.97. The van der Waals surface area contributed by atoms with Crippen molar-refractivity contribution < 1.29 is 33.7 Å². The van der Waals surface area contributed by atoms with E-state index in [1.54, 1.807) is 57.8 Å². The summed E-state index contributed by atoms with van der Waals surface area (Å²) in [5.74, 6) is 1.41. The van der Waals surface area contributed by atoms with E-state index in [4.69, 9.17) is 12.2 Å². The predicted molar refractivity (Wildman–Crippen MR) is 268 cm³/mol. The average Bonchev–Trinajstić information content (AvgIpc) is 4.14. The van der Waals surface area contributed by atoms with Gasteiger partial charge in [-0.05, 0) is 67.7 Å². The fraction of sp³-hybridized carbons (Fsp3) is 0.136. The van der Waals surface area contributed by atoms with Gasteiger partial charge in [0, 0.05) is 80.3 Å². The number of H-pyrrole nitrogens is 2. The highest BCUT2D eigenvalue weighted by Crippen LogP contribution is 2.30. The molecule has 71 heavy (non-hydrogen) atoms. The molecule has 10 N–H and O–H groups in total. The van der Waals surface area contributed by atoms with Crippen LogP contribution in [0.4, 0.5) is 55.6 Å². The van der Waals surface area contributed by atoms with E-state index in [2.05, 4.69) is 63.7 Å². The SMILES string of the molecule is C.C#Cc1ccc([N+](=O)[O-])c(NC)c1.CN.CNc1cc(-c2cn[nH]n2)ccc1N.CNc1cc(-c2cn[nH]n2)ccc1[N+](=O)[O-].CNc1cc(C=O)ccc1[N+](=O)[O-].O=Cc1ccc([N+](=O)[O-])c(F)c1. The molecule has 2 aromatic heterocycles. The van der Waals surface area contributed by atoms with Crippen molar-refractivity contribution in [1.29, 1.82) is 0 Å². The molecule has 0 bridgehead atoms. The molecule has 0 atom stereocenters. The van der Waals surface area contributed by atoms with Gasteiger partial charge < -0.3 is 32.7 Å². The van der Waals surface area contributed by atoms with E-state index in [1.807, 2.05) is 25.2 Å². The third-order valence-corrected chi connectivity index (χ3v) is 8.76. The Hall–Kier alpha value is -10.2. The number of hydrogen-bond acceptors (Lipinski definition) is 20. The third kappa shape index (κ3) is 17.5. The highest BCUT2D eigenvalue weighted by atomic mass is 19.1. The number of nitro benzene ring substituents is 4. The van der Waals surface area contributed by atoms with Gasteiger partial charge in [0.15, 0.2) is 0 Å². The van der Waals surface area contributed by atoms with Gasteiger partial charge in [-0.1, -0.05) is 19.4 Å². The minimum Gasteiger partial charge on any atom is -0.397 e. The van der Waals surface area contributed by atoms with E-state index < -0.39 is 31.2 Å². The van der Waals surface area contributed by atoms with Crippen LogP contribution in [0, 0.1) is 58.6 Å². The Bertz CT molecular complexity index is 2910. The van der Waals surface area contributed by atoms with Crippen molar-refractivity contribution in [2.75, 3.05) is 62.2 Å². The first-order valence-corrected chi connectivity index (χ1v) is 19.6. The Morgan fingerprint density at radius 1 is 0.577 bits per heavy atom. The van der Waals surface area contributed by atoms with Gasteiger partial charge in [-0.25, -0.2) is 0 Å². The number of anilines is 5. The van der Waals surface area contributed by atoms with Gasteiger partial charge >= 0.3 is 5.69 Å². The zero-order valence-corrected chi connectivity index (χ0v) is 37.7. The van der Waals surface area contributed by atoms with E-state index in [0.29, 0.717) is 46.5 Å². The standard InChI is InChI=1S/C9H9N5O2.C9H11N5.C9H8N2O2.C8H8N2O3.C7H4FNO3.CH5N.CH4/c1-10-7-4-6(8-5-11-13-12-8)2-3-9(7)14(15)16;1-11-8-4-6(2-3-7(8)10)9-5-12-14-13-9;1-3-7-4-5-9(11(12)13)8(6-7)10-2;1-9-7-4-6(5-11)2-3-8(7)10(12)13;8-6-3-5(4-10)1-2-7(6)9(11)12;1-2;/h2-5,10H,1H3,(H,11,12,13);2-5,11H,10H2,1H3,(H,12,13,14);1,4-6,10H,2H3;2-5,9H,1H3;1-4H;2H2,1H3;1H4. The molecule has 0 fully saturated rings. The Labute approximate surface area is 404 Å². The molecule has 7 aromatic rings. The van der Waals surface area contributed by atoms with Crippen LogP contribution in [0.15, 0.2) is 103 Å². The number of nitrogens with zero attached hydrogens (tertiary/aromatic N) is 8. The largest absolute Gasteiger partial charge is 0.397 e. The summed E-state index contributed by atoms with van der Waals surface area (Å²) >= 11 is 0. The fourth-order valence-corrected chi connectivity index (χ4v) is 5.38. The zero-order valence-electron chi connectivity index (χ0n) is 37.7. The summed E-state index contributed by atoms with van der Waals surface area (Å²) in [5.41, 5.74) is 16.8. The van der Waals surface area contributed by atoms with E-state index >= 15 is 0 Å². The van der Waals surface area contributed by atoms with Crippen LogP contribution < -0.4 is 32.7 Å². The van der Waals surface area contributed by atoms with Crippen molar-refractivity contribution in [1.82, 2.24) is 30.8 Å². The molecule has 2 heterocycles. The lowest BCUT2D eigenvalue weighted by atomic mass is 10.1. The number of terminal acetylenes is 1. The number of carbonyl (C=O) groups is 2. The van der Waals surface area contributed by atoms with Crippen LogP contribution >= 0.6 is 0 Å². The molecule has 0 unspecified atom stereocenters. The summed E-state index contributed by atoms with van der Waals surface area (Å²) in [4.78, 5) is 60.0. The average molecular weight is 981 g/mol. The first kappa shape index (κ1) is 58.8. The molecule has 0 radical (unpaired) electrons. The van der Waals surface area contributed by atoms with E-state index in [-0.39, 0.29) is 30.1 Å². The van der Waals surface area contributed by atoms with Crippen LogP contribution in [0.2, 0.25) is 0 Å². The second-order valence-corrected chi connectivity index (χ2v) is 12.9. The first-order valence-electron chi connectivity index (χ1n) is 19.6. The molecule has 7 rings (SSSR count). The monoisotopic (exact) mass is 980 g/mol. The summed E-state index contributed by atoms with van der Waals surface area (Å²) in [6.45, 7) is 0. The number of nitrogen functional groups attached to an aromatic ring is 1. The summed E-state index contributed by atoms with van der Waals surface area (Å²) in [7, 11) is 8.15. The number of aromatic nitrogens is 6. The topological polar surface area (TPSA) is 390 Å². The van der Waals surface area contributed by atoms with Gasteiger partial charge in [0.25, 0.3) is 17.1 Å². The number of benzene rings is 5. The lowest BCUT2D eigenvalue weighted by molar-refractivity contribution is -0.387. The third-order valence-electron chi connectivity index (χ3n) is 8.76. The predicted octanol–water partition coefficient (Wildman–Crippen LogP) is 7.34. The van der Waals surface area contributed by atoms with Gasteiger partial charge in [0.1, 0.15) is 41.0 Å². The molecule has 27 heteroatoms. The number of halogens is 1. The molecular formula is C44H49FN16O10. The number of aromatic amines is 2. The molecule has 0 aliphatic rings. The van der Waals surface area contributed by atoms with Crippen molar-refractivity contribution in [3.63, 3.8) is 0 Å². The van der Waals surface area contributed by atoms with Gasteiger partial charge in [-0.3, -0.25) is 50.0 Å². The Morgan fingerprint density at radius 2 is 0.958 bits per heavy atom. The lowest BCUT2D eigenvalue weighted by Gasteiger charge is -2.05. The van der Waals surface area contributed by atoms with Crippen LogP contribution in [-0.2, 0) is 0 Å². The maximum absolute atomic E-state index is 12.7. The Morgan fingerprint density at radius 3 is 1.35 bits per heavy atom. The van der Waals surface area contributed by atoms with Crippen molar-refractivity contribution in [2.24, 2.45) is 5.73 Å². The molecular weight excluding hydrogens is 932 g/mol. The second kappa shape index (κ2) is 30.1. The van der Waals surface area contributed by atoms with Gasteiger partial charge in [-0.2, -0.15) is 35.2 Å². The fourth-order valence-electron chi connectivity index (χ4n) is 5.38. The number of nitro groups is 4. The van der Waals surface area contributed by atoms with Crippen molar-refractivity contribution in [2.45, 2.75) is 7.43 Å². The van der Waals surface area contributed by atoms with Crippen LogP contribution in [0.5, 0.6) is 0 Å². The summed E-state index contributed by atoms with van der Waals surface area (Å²) in [5, 5.41) is 73.3. The second-order valence-electron chi connectivity index (χ2n) is 12.9. The van der Waals surface area contributed by atoms with Crippen molar-refractivity contribution >= 4 is 63.8 Å². The molecule has 0 saturated carbocycles. The number of nitrogens with two attached hydrogens (primary N) is 2.